The molecule has 2 saturated carbocycles. The van der Waals surface area contributed by atoms with Gasteiger partial charge in [0.2, 0.25) is 0 Å². The van der Waals surface area contributed by atoms with Gasteiger partial charge in [-0.05, 0) is 67.7 Å². The summed E-state index contributed by atoms with van der Waals surface area (Å²) in [6, 6.07) is 0.771. The summed E-state index contributed by atoms with van der Waals surface area (Å²) in [6.07, 6.45) is 8.67. The van der Waals surface area contributed by atoms with Crippen molar-refractivity contribution in [2.45, 2.75) is 79.2 Å². The van der Waals surface area contributed by atoms with E-state index in [0.29, 0.717) is 5.41 Å². The van der Waals surface area contributed by atoms with Gasteiger partial charge >= 0.3 is 0 Å². The van der Waals surface area contributed by atoms with Gasteiger partial charge in [0.15, 0.2) is 0 Å². The zero-order chi connectivity index (χ0) is 14.0. The van der Waals surface area contributed by atoms with Crippen molar-refractivity contribution in [3.63, 3.8) is 0 Å². The van der Waals surface area contributed by atoms with E-state index >= 15 is 0 Å². The Bertz CT molecular complexity index is 273. The molecule has 1 N–H and O–H groups in total. The lowest BCUT2D eigenvalue weighted by Crippen LogP contribution is -2.47. The summed E-state index contributed by atoms with van der Waals surface area (Å²) in [5.41, 5.74) is 0.552. The van der Waals surface area contributed by atoms with Gasteiger partial charge in [-0.25, -0.2) is 0 Å². The second kappa shape index (κ2) is 6.16. The molecule has 112 valence electrons. The van der Waals surface area contributed by atoms with Crippen molar-refractivity contribution in [1.82, 2.24) is 5.32 Å². The predicted octanol–water partition coefficient (Wildman–Crippen LogP) is 4.86. The van der Waals surface area contributed by atoms with E-state index in [1.54, 1.807) is 0 Å². The van der Waals surface area contributed by atoms with Gasteiger partial charge in [0.05, 0.1) is 0 Å². The average Bonchev–Trinajstić information content (AvgIpc) is 2.64. The molecule has 0 aromatic rings. The fourth-order valence-electron chi connectivity index (χ4n) is 5.19. The quantitative estimate of drug-likeness (QED) is 0.765. The van der Waals surface area contributed by atoms with Crippen molar-refractivity contribution in [2.75, 3.05) is 6.54 Å². The fraction of sp³-hybridized carbons (Fsp3) is 1.00. The van der Waals surface area contributed by atoms with Crippen LogP contribution in [0.25, 0.3) is 0 Å². The Balaban J connectivity index is 2.10. The summed E-state index contributed by atoms with van der Waals surface area (Å²) in [5.74, 6) is 3.68. The lowest BCUT2D eigenvalue weighted by Gasteiger charge is -2.43. The predicted molar refractivity (Wildman–Crippen MR) is 84.3 cm³/mol. The maximum absolute atomic E-state index is 3.89. The van der Waals surface area contributed by atoms with Crippen LogP contribution < -0.4 is 5.32 Å². The number of rotatable bonds is 4. The van der Waals surface area contributed by atoms with E-state index in [9.17, 15) is 0 Å². The van der Waals surface area contributed by atoms with Crippen LogP contribution in [-0.2, 0) is 0 Å². The van der Waals surface area contributed by atoms with Crippen LogP contribution in [0.2, 0.25) is 0 Å². The summed E-state index contributed by atoms with van der Waals surface area (Å²) in [4.78, 5) is 0. The molecule has 0 bridgehead atoms. The molecule has 0 aliphatic heterocycles. The highest BCUT2D eigenvalue weighted by molar-refractivity contribution is 4.96. The van der Waals surface area contributed by atoms with Gasteiger partial charge in [-0.2, -0.15) is 0 Å². The number of hydrogen-bond donors (Lipinski definition) is 1. The normalized spacial score (nSPS) is 40.3. The maximum Gasteiger partial charge on any atom is 0.0129 e. The monoisotopic (exact) mass is 265 g/mol. The van der Waals surface area contributed by atoms with Gasteiger partial charge < -0.3 is 5.32 Å². The SMILES string of the molecule is CCNC(C1CC(C)CC(C)C1)C1CCCC1(C)C. The average molecular weight is 265 g/mol. The Labute approximate surface area is 120 Å². The largest absolute Gasteiger partial charge is 0.314 e. The van der Waals surface area contributed by atoms with E-state index in [4.69, 9.17) is 0 Å². The molecule has 2 fully saturated rings. The molecule has 0 aromatic carbocycles. The first-order valence-electron chi connectivity index (χ1n) is 8.67. The molecule has 0 heterocycles. The highest BCUT2D eigenvalue weighted by atomic mass is 14.9. The molecule has 19 heavy (non-hydrogen) atoms. The lowest BCUT2D eigenvalue weighted by molar-refractivity contribution is 0.100. The minimum Gasteiger partial charge on any atom is -0.314 e. The molecule has 0 radical (unpaired) electrons. The first-order chi connectivity index (χ1) is 8.94. The first-order valence-corrected chi connectivity index (χ1v) is 8.67. The summed E-state index contributed by atoms with van der Waals surface area (Å²) < 4.78 is 0. The van der Waals surface area contributed by atoms with Gasteiger partial charge in [-0.3, -0.25) is 0 Å². The summed E-state index contributed by atoms with van der Waals surface area (Å²) in [7, 11) is 0. The Morgan fingerprint density at radius 1 is 1.11 bits per heavy atom. The molecule has 0 spiro atoms. The van der Waals surface area contributed by atoms with Gasteiger partial charge in [0.25, 0.3) is 0 Å². The van der Waals surface area contributed by atoms with E-state index < -0.39 is 0 Å². The fourth-order valence-corrected chi connectivity index (χ4v) is 5.19. The second-order valence-corrected chi connectivity index (χ2v) is 8.25. The third kappa shape index (κ3) is 3.54. The molecule has 0 amide bonds. The van der Waals surface area contributed by atoms with E-state index in [2.05, 4.69) is 39.9 Å². The van der Waals surface area contributed by atoms with Crippen molar-refractivity contribution in [3.8, 4) is 0 Å². The molecular weight excluding hydrogens is 230 g/mol. The zero-order valence-corrected chi connectivity index (χ0v) is 13.8. The van der Waals surface area contributed by atoms with Crippen LogP contribution in [-0.4, -0.2) is 12.6 Å². The molecule has 4 atom stereocenters. The van der Waals surface area contributed by atoms with Crippen molar-refractivity contribution in [2.24, 2.45) is 29.1 Å². The minimum atomic E-state index is 0.552. The van der Waals surface area contributed by atoms with E-state index in [1.807, 2.05) is 0 Å². The molecule has 1 heteroatoms. The zero-order valence-electron chi connectivity index (χ0n) is 13.8. The van der Waals surface area contributed by atoms with Crippen LogP contribution in [0, 0.1) is 29.1 Å². The molecule has 0 saturated heterocycles. The van der Waals surface area contributed by atoms with Crippen molar-refractivity contribution < 1.29 is 0 Å². The first kappa shape index (κ1) is 15.4. The standard InChI is InChI=1S/C18H35N/c1-6-19-17(16-8-7-9-18(16,4)5)15-11-13(2)10-14(3)12-15/h13-17,19H,6-12H2,1-5H3. The Morgan fingerprint density at radius 2 is 1.74 bits per heavy atom. The van der Waals surface area contributed by atoms with Gasteiger partial charge in [-0.15, -0.1) is 0 Å². The van der Waals surface area contributed by atoms with E-state index in [-0.39, 0.29) is 0 Å². The molecule has 1 nitrogen and oxygen atoms in total. The Kier molecular flexibility index (Phi) is 4.98. The van der Waals surface area contributed by atoms with Gasteiger partial charge in [-0.1, -0.05) is 41.0 Å². The lowest BCUT2D eigenvalue weighted by atomic mass is 9.66. The third-order valence-corrected chi connectivity index (χ3v) is 5.94. The van der Waals surface area contributed by atoms with Crippen molar-refractivity contribution in [3.05, 3.63) is 0 Å². The van der Waals surface area contributed by atoms with Gasteiger partial charge in [0.1, 0.15) is 0 Å². The van der Waals surface area contributed by atoms with Crippen LogP contribution in [0.4, 0.5) is 0 Å². The molecule has 2 rings (SSSR count). The van der Waals surface area contributed by atoms with Crippen LogP contribution in [0.15, 0.2) is 0 Å². The summed E-state index contributed by atoms with van der Waals surface area (Å²) >= 11 is 0. The molecule has 2 aliphatic carbocycles. The smallest absolute Gasteiger partial charge is 0.0129 e. The van der Waals surface area contributed by atoms with E-state index in [1.165, 1.54) is 38.5 Å². The summed E-state index contributed by atoms with van der Waals surface area (Å²) in [6.45, 7) is 13.4. The highest BCUT2D eigenvalue weighted by Crippen LogP contribution is 2.48. The number of hydrogen-bond acceptors (Lipinski definition) is 1. The Hall–Kier alpha value is -0.0400. The van der Waals surface area contributed by atoms with Crippen LogP contribution >= 0.6 is 0 Å². The van der Waals surface area contributed by atoms with Crippen LogP contribution in [0.3, 0.4) is 0 Å². The topological polar surface area (TPSA) is 12.0 Å². The third-order valence-electron chi connectivity index (χ3n) is 5.94. The molecule has 0 aromatic heterocycles. The minimum absolute atomic E-state index is 0.552. The summed E-state index contributed by atoms with van der Waals surface area (Å²) in [5, 5.41) is 3.89. The highest BCUT2D eigenvalue weighted by Gasteiger charge is 2.43. The van der Waals surface area contributed by atoms with Crippen LogP contribution in [0.1, 0.15) is 73.1 Å². The second-order valence-electron chi connectivity index (χ2n) is 8.25. The molecular formula is C18H35N. The van der Waals surface area contributed by atoms with E-state index in [0.717, 1.165) is 36.3 Å². The van der Waals surface area contributed by atoms with Gasteiger partial charge in [0, 0.05) is 6.04 Å². The van der Waals surface area contributed by atoms with Crippen molar-refractivity contribution in [1.29, 1.82) is 0 Å². The maximum atomic E-state index is 3.89. The number of nitrogens with one attached hydrogen (secondary N) is 1. The van der Waals surface area contributed by atoms with Crippen LogP contribution in [0.5, 0.6) is 0 Å². The molecule has 4 unspecified atom stereocenters. The molecule has 2 aliphatic rings. The Morgan fingerprint density at radius 3 is 2.21 bits per heavy atom. The van der Waals surface area contributed by atoms with Crippen molar-refractivity contribution >= 4 is 0 Å².